The molecule has 72 heavy (non-hydrogen) atoms. The highest BCUT2D eigenvalue weighted by Crippen LogP contribution is 2.47. The number of aromatic nitrogens is 2. The van der Waals surface area contributed by atoms with E-state index in [0.717, 1.165) is 128 Å². The van der Waals surface area contributed by atoms with Gasteiger partial charge >= 0.3 is 0 Å². The molecule has 11 aromatic carbocycles. The lowest BCUT2D eigenvalue weighted by atomic mass is 9.89. The van der Waals surface area contributed by atoms with Gasteiger partial charge in [-0.2, -0.15) is 0 Å². The molecular formula is C68H42N2O2. The molecule has 336 valence electrons. The van der Waals surface area contributed by atoms with Crippen LogP contribution in [0.25, 0.3) is 144 Å². The highest BCUT2D eigenvalue weighted by Gasteiger charge is 2.24. The van der Waals surface area contributed by atoms with Crippen molar-refractivity contribution in [3.05, 3.63) is 255 Å². The third-order valence-corrected chi connectivity index (χ3v) is 14.1. The minimum absolute atomic E-state index is 0.623. The van der Waals surface area contributed by atoms with Crippen LogP contribution in [0.2, 0.25) is 0 Å². The Morgan fingerprint density at radius 2 is 0.764 bits per heavy atom. The number of hydrogen-bond acceptors (Lipinski definition) is 4. The van der Waals surface area contributed by atoms with E-state index in [1.807, 2.05) is 30.3 Å². The lowest BCUT2D eigenvalue weighted by Crippen LogP contribution is -1.98. The van der Waals surface area contributed by atoms with E-state index in [2.05, 4.69) is 224 Å². The van der Waals surface area contributed by atoms with E-state index < -0.39 is 0 Å². The number of fused-ring (bicyclic) bond motifs is 7. The number of benzene rings is 11. The van der Waals surface area contributed by atoms with Crippen LogP contribution in [0.1, 0.15) is 0 Å². The smallest absolute Gasteiger partial charge is 0.161 e. The van der Waals surface area contributed by atoms with Crippen LogP contribution in [0.5, 0.6) is 0 Å². The molecule has 0 amide bonds. The van der Waals surface area contributed by atoms with Gasteiger partial charge in [-0.25, -0.2) is 9.97 Å². The third-order valence-electron chi connectivity index (χ3n) is 14.1. The molecule has 4 nitrogen and oxygen atoms in total. The SMILES string of the molecule is c1ccc(-c2cc(-c3ccc(-c4cc(-c5ccc6ccccc6c5)cc(-c5ccc6c(c5)oc5ccccc56)c4)cc3)nc(-c3cc(-c4ccccc4)c(-c4ccccc4)c4oc5ccccc5c34)n2)cc1. The molecule has 3 heterocycles. The van der Waals surface area contributed by atoms with Crippen molar-refractivity contribution < 1.29 is 8.83 Å². The summed E-state index contributed by atoms with van der Waals surface area (Å²) < 4.78 is 13.3. The number of rotatable bonds is 8. The summed E-state index contributed by atoms with van der Waals surface area (Å²) in [7, 11) is 0. The van der Waals surface area contributed by atoms with Crippen LogP contribution in [0.4, 0.5) is 0 Å². The molecule has 4 heteroatoms. The number of furan rings is 2. The molecule has 0 aliphatic carbocycles. The summed E-state index contributed by atoms with van der Waals surface area (Å²) in [6.07, 6.45) is 0. The zero-order valence-corrected chi connectivity index (χ0v) is 39.0. The zero-order chi connectivity index (χ0) is 47.5. The van der Waals surface area contributed by atoms with Crippen molar-refractivity contribution in [2.45, 2.75) is 0 Å². The van der Waals surface area contributed by atoms with Crippen LogP contribution in [0.15, 0.2) is 264 Å². The average molecular weight is 919 g/mol. The molecule has 0 bridgehead atoms. The summed E-state index contributed by atoms with van der Waals surface area (Å²) in [5.74, 6) is 0.623. The largest absolute Gasteiger partial charge is 0.456 e. The minimum Gasteiger partial charge on any atom is -0.456 e. The topological polar surface area (TPSA) is 52.1 Å². The fourth-order valence-corrected chi connectivity index (χ4v) is 10.5. The first-order chi connectivity index (χ1) is 35.6. The van der Waals surface area contributed by atoms with Crippen molar-refractivity contribution in [1.29, 1.82) is 0 Å². The van der Waals surface area contributed by atoms with Gasteiger partial charge in [0.1, 0.15) is 22.3 Å². The second kappa shape index (κ2) is 17.1. The van der Waals surface area contributed by atoms with Crippen LogP contribution in [-0.4, -0.2) is 9.97 Å². The molecule has 0 aliphatic rings. The third kappa shape index (κ3) is 7.24. The zero-order valence-electron chi connectivity index (χ0n) is 39.0. The molecule has 0 fully saturated rings. The van der Waals surface area contributed by atoms with Crippen molar-refractivity contribution in [2.75, 3.05) is 0 Å². The van der Waals surface area contributed by atoms with Gasteiger partial charge in [-0.15, -0.1) is 0 Å². The summed E-state index contributed by atoms with van der Waals surface area (Å²) in [5, 5.41) is 6.66. The molecule has 0 saturated carbocycles. The van der Waals surface area contributed by atoms with Gasteiger partial charge in [0.15, 0.2) is 5.82 Å². The fraction of sp³-hybridized carbons (Fsp3) is 0. The van der Waals surface area contributed by atoms with Gasteiger partial charge < -0.3 is 8.83 Å². The van der Waals surface area contributed by atoms with Gasteiger partial charge in [-0.3, -0.25) is 0 Å². The molecule has 14 aromatic rings. The van der Waals surface area contributed by atoms with Crippen molar-refractivity contribution in [1.82, 2.24) is 9.97 Å². The summed E-state index contributed by atoms with van der Waals surface area (Å²) in [6, 6.07) is 90.0. The van der Waals surface area contributed by atoms with E-state index in [-0.39, 0.29) is 0 Å². The van der Waals surface area contributed by atoms with E-state index in [1.165, 1.54) is 10.8 Å². The Bertz CT molecular complexity index is 4360. The van der Waals surface area contributed by atoms with Crippen LogP contribution in [-0.2, 0) is 0 Å². The van der Waals surface area contributed by atoms with E-state index >= 15 is 0 Å². The maximum absolute atomic E-state index is 6.91. The molecular weight excluding hydrogens is 877 g/mol. The van der Waals surface area contributed by atoms with Crippen LogP contribution in [0.3, 0.4) is 0 Å². The number of nitrogens with zero attached hydrogens (tertiary/aromatic N) is 2. The molecule has 0 unspecified atom stereocenters. The molecule has 0 atom stereocenters. The van der Waals surface area contributed by atoms with E-state index in [0.29, 0.717) is 5.82 Å². The predicted octanol–water partition coefficient (Wildman–Crippen LogP) is 18.8. The van der Waals surface area contributed by atoms with Gasteiger partial charge in [0, 0.05) is 43.8 Å². The maximum Gasteiger partial charge on any atom is 0.161 e. The molecule has 14 rings (SSSR count). The summed E-state index contributed by atoms with van der Waals surface area (Å²) in [6.45, 7) is 0. The van der Waals surface area contributed by atoms with Crippen molar-refractivity contribution in [3.63, 3.8) is 0 Å². The maximum atomic E-state index is 6.91. The van der Waals surface area contributed by atoms with Gasteiger partial charge in [0.25, 0.3) is 0 Å². The first-order valence-corrected chi connectivity index (χ1v) is 24.4. The van der Waals surface area contributed by atoms with Crippen molar-refractivity contribution in [2.24, 2.45) is 0 Å². The fourth-order valence-electron chi connectivity index (χ4n) is 10.5. The molecule has 3 aromatic heterocycles. The molecule has 0 saturated heterocycles. The van der Waals surface area contributed by atoms with Crippen molar-refractivity contribution in [3.8, 4) is 89.5 Å². The Kier molecular flexibility index (Phi) is 9.82. The predicted molar refractivity (Wildman–Crippen MR) is 298 cm³/mol. The Morgan fingerprint density at radius 3 is 1.47 bits per heavy atom. The quantitative estimate of drug-likeness (QED) is 0.152. The highest BCUT2D eigenvalue weighted by molar-refractivity contribution is 6.18. The van der Waals surface area contributed by atoms with Gasteiger partial charge in [0.2, 0.25) is 0 Å². The Balaban J connectivity index is 0.935. The minimum atomic E-state index is 0.623. The summed E-state index contributed by atoms with van der Waals surface area (Å²) in [5.41, 5.74) is 18.9. The van der Waals surface area contributed by atoms with Crippen LogP contribution in [0, 0.1) is 0 Å². The first kappa shape index (κ1) is 41.3. The number of hydrogen-bond donors (Lipinski definition) is 0. The van der Waals surface area contributed by atoms with E-state index in [1.54, 1.807) is 0 Å². The lowest BCUT2D eigenvalue weighted by Gasteiger charge is -2.16. The van der Waals surface area contributed by atoms with E-state index in [4.69, 9.17) is 18.8 Å². The lowest BCUT2D eigenvalue weighted by molar-refractivity contribution is 0.669. The standard InChI is InChI=1S/C68H42N2O2/c1-4-17-45(18-5-1)58-41-59(66-57-25-13-15-27-63(57)72-67(66)65(58)48-21-8-3-9-22-48)68-69-60(46-19-6-2-7-20-46)42-61(70-68)47-31-28-44(29-32-47)52-37-53(50-33-30-43-16-10-11-23-49(43)36-50)39-54(38-52)51-34-35-56-55-24-12-14-26-62(55)71-64(56)40-51/h1-42H. The molecule has 0 radical (unpaired) electrons. The van der Waals surface area contributed by atoms with Gasteiger partial charge in [-0.05, 0) is 122 Å². The van der Waals surface area contributed by atoms with Crippen molar-refractivity contribution >= 4 is 54.6 Å². The van der Waals surface area contributed by atoms with Gasteiger partial charge in [-0.1, -0.05) is 194 Å². The number of para-hydroxylation sites is 2. The first-order valence-electron chi connectivity index (χ1n) is 24.4. The average Bonchev–Trinajstić information content (AvgIpc) is 4.04. The molecule has 0 spiro atoms. The summed E-state index contributed by atoms with van der Waals surface area (Å²) in [4.78, 5) is 10.9. The van der Waals surface area contributed by atoms with Gasteiger partial charge in [0.05, 0.1) is 11.4 Å². The Hall–Kier alpha value is -9.64. The monoisotopic (exact) mass is 918 g/mol. The molecule has 0 N–H and O–H groups in total. The highest BCUT2D eigenvalue weighted by atomic mass is 16.3. The second-order valence-electron chi connectivity index (χ2n) is 18.5. The summed E-state index contributed by atoms with van der Waals surface area (Å²) >= 11 is 0. The Morgan fingerprint density at radius 1 is 0.264 bits per heavy atom. The second-order valence-corrected chi connectivity index (χ2v) is 18.5. The van der Waals surface area contributed by atoms with Crippen LogP contribution >= 0.6 is 0 Å². The normalized spacial score (nSPS) is 11.6. The van der Waals surface area contributed by atoms with Crippen LogP contribution < -0.4 is 0 Å². The molecule has 0 aliphatic heterocycles. The Labute approximate surface area is 415 Å². The van der Waals surface area contributed by atoms with E-state index in [9.17, 15) is 0 Å².